The number of aromatic nitrogens is 1. The zero-order valence-corrected chi connectivity index (χ0v) is 11.8. The fraction of sp³-hybridized carbons (Fsp3) is 0.571. The van der Waals surface area contributed by atoms with Gasteiger partial charge in [0, 0.05) is 25.3 Å². The number of carboxylic acids is 1. The van der Waals surface area contributed by atoms with Crippen molar-refractivity contribution in [3.8, 4) is 0 Å². The second-order valence-corrected chi connectivity index (χ2v) is 5.51. The largest absolute Gasteiger partial charge is 0.478 e. The molecule has 19 heavy (non-hydrogen) atoms. The molecular weight excluding hydrogens is 242 g/mol. The van der Waals surface area contributed by atoms with Crippen molar-refractivity contribution in [3.05, 3.63) is 23.9 Å². The number of hydrogen-bond donors (Lipinski definition) is 1. The zero-order valence-electron chi connectivity index (χ0n) is 11.8. The van der Waals surface area contributed by atoms with E-state index in [9.17, 15) is 9.90 Å². The summed E-state index contributed by atoms with van der Waals surface area (Å²) in [4.78, 5) is 19.7. The number of nitrogens with zero attached hydrogens (tertiary/aromatic N) is 3. The molecule has 5 nitrogen and oxygen atoms in total. The average Bonchev–Trinajstić information content (AvgIpc) is 2.33. The van der Waals surface area contributed by atoms with Crippen LogP contribution >= 0.6 is 0 Å². The Morgan fingerprint density at radius 2 is 2.11 bits per heavy atom. The van der Waals surface area contributed by atoms with Crippen molar-refractivity contribution in [1.29, 1.82) is 0 Å². The molecule has 0 saturated heterocycles. The van der Waals surface area contributed by atoms with Crippen molar-refractivity contribution >= 4 is 11.8 Å². The second-order valence-electron chi connectivity index (χ2n) is 5.51. The highest BCUT2D eigenvalue weighted by atomic mass is 16.4. The van der Waals surface area contributed by atoms with E-state index in [0.29, 0.717) is 5.82 Å². The third kappa shape index (κ3) is 2.56. The van der Waals surface area contributed by atoms with Crippen LogP contribution in [0.3, 0.4) is 0 Å². The van der Waals surface area contributed by atoms with E-state index in [-0.39, 0.29) is 11.1 Å². The van der Waals surface area contributed by atoms with E-state index in [1.807, 2.05) is 11.9 Å². The first-order valence-electron chi connectivity index (χ1n) is 6.53. The first-order chi connectivity index (χ1) is 8.96. The third-order valence-electron chi connectivity index (χ3n) is 4.14. The lowest BCUT2D eigenvalue weighted by Gasteiger charge is -2.49. The minimum absolute atomic E-state index is 0.155. The van der Waals surface area contributed by atoms with Crippen LogP contribution in [0.5, 0.6) is 0 Å². The Bertz CT molecular complexity index is 470. The average molecular weight is 263 g/mol. The molecule has 0 bridgehead atoms. The Morgan fingerprint density at radius 3 is 2.58 bits per heavy atom. The van der Waals surface area contributed by atoms with Gasteiger partial charge in [-0.05, 0) is 45.5 Å². The molecule has 1 N–H and O–H groups in total. The maximum atomic E-state index is 11.2. The summed E-state index contributed by atoms with van der Waals surface area (Å²) in [6.45, 7) is 0.803. The summed E-state index contributed by atoms with van der Waals surface area (Å²) in [6.07, 6.45) is 5.18. The van der Waals surface area contributed by atoms with Crippen LogP contribution in [-0.4, -0.2) is 54.2 Å². The fourth-order valence-electron chi connectivity index (χ4n) is 2.72. The van der Waals surface area contributed by atoms with Crippen LogP contribution in [0.4, 0.5) is 5.82 Å². The highest BCUT2D eigenvalue weighted by Gasteiger charge is 2.40. The van der Waals surface area contributed by atoms with Gasteiger partial charge in [0.15, 0.2) is 0 Å². The van der Waals surface area contributed by atoms with Gasteiger partial charge in [0.1, 0.15) is 11.4 Å². The minimum atomic E-state index is -0.928. The zero-order chi connectivity index (χ0) is 14.0. The van der Waals surface area contributed by atoms with Crippen LogP contribution in [0.15, 0.2) is 18.3 Å². The molecule has 1 aromatic heterocycles. The summed E-state index contributed by atoms with van der Waals surface area (Å²) in [5.41, 5.74) is 0.417. The van der Waals surface area contributed by atoms with Gasteiger partial charge in [0.2, 0.25) is 0 Å². The van der Waals surface area contributed by atoms with Crippen molar-refractivity contribution in [2.45, 2.75) is 24.8 Å². The predicted molar refractivity (Wildman–Crippen MR) is 74.7 cm³/mol. The lowest BCUT2D eigenvalue weighted by molar-refractivity contribution is 0.0669. The molecular formula is C14H21N3O2. The second kappa shape index (κ2) is 5.17. The van der Waals surface area contributed by atoms with Gasteiger partial charge in [-0.1, -0.05) is 0 Å². The highest BCUT2D eigenvalue weighted by Crippen LogP contribution is 2.37. The summed E-state index contributed by atoms with van der Waals surface area (Å²) in [7, 11) is 6.09. The summed E-state index contributed by atoms with van der Waals surface area (Å²) in [5.74, 6) is -0.384. The number of pyridine rings is 1. The van der Waals surface area contributed by atoms with E-state index >= 15 is 0 Å². The van der Waals surface area contributed by atoms with Gasteiger partial charge in [-0.3, -0.25) is 0 Å². The van der Waals surface area contributed by atoms with Crippen molar-refractivity contribution in [2.75, 3.05) is 32.6 Å². The maximum Gasteiger partial charge on any atom is 0.339 e. The number of rotatable bonds is 5. The van der Waals surface area contributed by atoms with E-state index in [4.69, 9.17) is 0 Å². The summed E-state index contributed by atoms with van der Waals surface area (Å²) < 4.78 is 0. The van der Waals surface area contributed by atoms with Gasteiger partial charge in [-0.25, -0.2) is 9.78 Å². The van der Waals surface area contributed by atoms with E-state index < -0.39 is 5.97 Å². The molecule has 104 valence electrons. The van der Waals surface area contributed by atoms with E-state index in [1.165, 1.54) is 6.42 Å². The van der Waals surface area contributed by atoms with Crippen molar-refractivity contribution in [3.63, 3.8) is 0 Å². The Kier molecular flexibility index (Phi) is 3.75. The fourth-order valence-corrected chi connectivity index (χ4v) is 2.72. The van der Waals surface area contributed by atoms with Crippen LogP contribution in [-0.2, 0) is 0 Å². The van der Waals surface area contributed by atoms with E-state index in [2.05, 4.69) is 24.0 Å². The molecule has 5 heteroatoms. The SMILES string of the molecule is CN(CC1(N(C)C)CCC1)c1ncccc1C(=O)O. The molecule has 0 spiro atoms. The molecule has 1 aliphatic rings. The number of likely N-dealkylation sites (N-methyl/N-ethyl adjacent to an activating group) is 2. The summed E-state index contributed by atoms with van der Waals surface area (Å²) >= 11 is 0. The van der Waals surface area contributed by atoms with Crippen molar-refractivity contribution in [2.24, 2.45) is 0 Å². The standard InChI is InChI=1S/C14H21N3O2/c1-16(2)14(7-5-8-14)10-17(3)12-11(13(18)19)6-4-9-15-12/h4,6,9H,5,7-8,10H2,1-3H3,(H,18,19). The quantitative estimate of drug-likeness (QED) is 0.876. The van der Waals surface area contributed by atoms with Crippen LogP contribution < -0.4 is 4.90 Å². The molecule has 0 aliphatic heterocycles. The van der Waals surface area contributed by atoms with E-state index in [1.54, 1.807) is 18.3 Å². The normalized spacial score (nSPS) is 17.1. The maximum absolute atomic E-state index is 11.2. The molecule has 1 fully saturated rings. The van der Waals surface area contributed by atoms with Crippen LogP contribution in [0, 0.1) is 0 Å². The van der Waals surface area contributed by atoms with Crippen molar-refractivity contribution < 1.29 is 9.90 Å². The number of anilines is 1. The third-order valence-corrected chi connectivity index (χ3v) is 4.14. The molecule has 0 amide bonds. The number of carbonyl (C=O) groups is 1. The number of aromatic carboxylic acids is 1. The molecule has 0 atom stereocenters. The van der Waals surface area contributed by atoms with Gasteiger partial charge in [0.25, 0.3) is 0 Å². The Labute approximate surface area is 113 Å². The molecule has 2 rings (SSSR count). The summed E-state index contributed by atoms with van der Waals surface area (Å²) in [5, 5.41) is 9.22. The highest BCUT2D eigenvalue weighted by molar-refractivity contribution is 5.93. The summed E-state index contributed by atoms with van der Waals surface area (Å²) in [6, 6.07) is 3.26. The molecule has 1 saturated carbocycles. The van der Waals surface area contributed by atoms with Gasteiger partial charge in [-0.2, -0.15) is 0 Å². The molecule has 0 unspecified atom stereocenters. The molecule has 1 aliphatic carbocycles. The van der Waals surface area contributed by atoms with Gasteiger partial charge in [-0.15, -0.1) is 0 Å². The van der Waals surface area contributed by atoms with Crippen LogP contribution in [0.2, 0.25) is 0 Å². The Morgan fingerprint density at radius 1 is 1.42 bits per heavy atom. The van der Waals surface area contributed by atoms with Gasteiger partial charge in [0.05, 0.1) is 0 Å². The first-order valence-corrected chi connectivity index (χ1v) is 6.53. The van der Waals surface area contributed by atoms with Crippen molar-refractivity contribution in [1.82, 2.24) is 9.88 Å². The Hall–Kier alpha value is -1.62. The van der Waals surface area contributed by atoms with E-state index in [0.717, 1.165) is 19.4 Å². The number of carboxylic acid groups (broad SMARTS) is 1. The topological polar surface area (TPSA) is 56.7 Å². The van der Waals surface area contributed by atoms with Crippen LogP contribution in [0.1, 0.15) is 29.6 Å². The monoisotopic (exact) mass is 263 g/mol. The Balaban J connectivity index is 2.20. The van der Waals surface area contributed by atoms with Gasteiger partial charge < -0.3 is 14.9 Å². The lowest BCUT2D eigenvalue weighted by Crippen LogP contribution is -2.57. The van der Waals surface area contributed by atoms with Crippen LogP contribution in [0.25, 0.3) is 0 Å². The number of hydrogen-bond acceptors (Lipinski definition) is 4. The smallest absolute Gasteiger partial charge is 0.339 e. The van der Waals surface area contributed by atoms with Gasteiger partial charge >= 0.3 is 5.97 Å². The molecule has 1 heterocycles. The molecule has 1 aromatic rings. The lowest BCUT2D eigenvalue weighted by atomic mass is 9.75. The predicted octanol–water partition coefficient (Wildman–Crippen LogP) is 1.70. The molecule has 0 radical (unpaired) electrons. The minimum Gasteiger partial charge on any atom is -0.478 e. The first kappa shape index (κ1) is 13.8. The molecule has 0 aromatic carbocycles.